The predicted molar refractivity (Wildman–Crippen MR) is 90.9 cm³/mol. The summed E-state index contributed by atoms with van der Waals surface area (Å²) in [6, 6.07) is 3.22. The van der Waals surface area contributed by atoms with Gasteiger partial charge in [0.05, 0.1) is 29.2 Å². The van der Waals surface area contributed by atoms with Crippen molar-refractivity contribution in [2.24, 2.45) is 14.1 Å². The Morgan fingerprint density at radius 1 is 1.08 bits per heavy atom. The van der Waals surface area contributed by atoms with Crippen LogP contribution in [-0.4, -0.2) is 46.1 Å². The lowest BCUT2D eigenvalue weighted by Crippen LogP contribution is -2.45. The highest BCUT2D eigenvalue weighted by Crippen LogP contribution is 2.38. The highest BCUT2D eigenvalue weighted by atomic mass is 16.7. The van der Waals surface area contributed by atoms with E-state index in [0.29, 0.717) is 55.9 Å². The van der Waals surface area contributed by atoms with Crippen LogP contribution in [0.4, 0.5) is 11.4 Å². The zero-order valence-electron chi connectivity index (χ0n) is 14.2. The second-order valence-corrected chi connectivity index (χ2v) is 6.58. The summed E-state index contributed by atoms with van der Waals surface area (Å²) in [5.41, 5.74) is 1.58. The summed E-state index contributed by atoms with van der Waals surface area (Å²) in [6.45, 7) is 2.40. The fraction of sp³-hybridized carbons (Fsp3) is 0.562. The van der Waals surface area contributed by atoms with Crippen LogP contribution in [0.3, 0.4) is 0 Å². The number of nitrogens with zero attached hydrogens (tertiary/aromatic N) is 4. The Bertz CT molecular complexity index is 899. The molecule has 134 valence electrons. The topological polar surface area (TPSA) is 91.8 Å². The average molecular weight is 348 g/mol. The minimum atomic E-state index is -0.533. The third kappa shape index (κ3) is 2.42. The Balaban J connectivity index is 1.76. The summed E-state index contributed by atoms with van der Waals surface area (Å²) in [6.07, 6.45) is 1.33. The van der Waals surface area contributed by atoms with Crippen molar-refractivity contribution >= 4 is 22.4 Å². The molecule has 0 aliphatic carbocycles. The van der Waals surface area contributed by atoms with Gasteiger partial charge in [0.15, 0.2) is 5.79 Å². The molecule has 0 unspecified atom stereocenters. The van der Waals surface area contributed by atoms with E-state index in [1.54, 1.807) is 20.2 Å². The largest absolute Gasteiger partial charge is 0.366 e. The number of ether oxygens (including phenoxy) is 2. The highest BCUT2D eigenvalue weighted by molar-refractivity contribution is 5.86. The lowest BCUT2D eigenvalue weighted by atomic mass is 10.0. The number of aromatic nitrogens is 2. The maximum Gasteiger partial charge on any atom is 0.328 e. The zero-order chi connectivity index (χ0) is 17.8. The monoisotopic (exact) mass is 348 g/mol. The molecule has 0 atom stereocenters. The highest BCUT2D eigenvalue weighted by Gasteiger charge is 2.40. The lowest BCUT2D eigenvalue weighted by Gasteiger charge is -2.38. The Morgan fingerprint density at radius 2 is 1.64 bits per heavy atom. The molecular formula is C16H20N4O5. The number of nitro groups is 1. The van der Waals surface area contributed by atoms with Gasteiger partial charge in [-0.3, -0.25) is 19.2 Å². The van der Waals surface area contributed by atoms with Crippen LogP contribution in [0.2, 0.25) is 0 Å². The van der Waals surface area contributed by atoms with Crippen LogP contribution in [0.15, 0.2) is 16.9 Å². The number of piperidine rings is 1. The summed E-state index contributed by atoms with van der Waals surface area (Å²) in [4.78, 5) is 25.3. The molecule has 0 saturated carbocycles. The van der Waals surface area contributed by atoms with E-state index in [-0.39, 0.29) is 16.3 Å². The van der Waals surface area contributed by atoms with Crippen LogP contribution >= 0.6 is 0 Å². The molecule has 0 bridgehead atoms. The van der Waals surface area contributed by atoms with E-state index >= 15 is 0 Å². The average Bonchev–Trinajstić information content (AvgIpc) is 3.14. The molecular weight excluding hydrogens is 328 g/mol. The molecule has 25 heavy (non-hydrogen) atoms. The lowest BCUT2D eigenvalue weighted by molar-refractivity contribution is -0.384. The molecule has 9 nitrogen and oxygen atoms in total. The molecule has 2 saturated heterocycles. The molecule has 0 N–H and O–H groups in total. The number of aryl methyl sites for hydroxylation is 2. The number of benzene rings is 1. The van der Waals surface area contributed by atoms with E-state index in [2.05, 4.69) is 0 Å². The molecule has 2 aliphatic heterocycles. The summed E-state index contributed by atoms with van der Waals surface area (Å²) < 4.78 is 14.4. The Labute approximate surface area is 143 Å². The maximum absolute atomic E-state index is 12.1. The predicted octanol–water partition coefficient (Wildman–Crippen LogP) is 1.13. The molecule has 0 radical (unpaired) electrons. The van der Waals surface area contributed by atoms with Crippen LogP contribution in [0.5, 0.6) is 0 Å². The SMILES string of the molecule is Cn1c(=O)n(C)c2cc([N+](=O)[O-])c(N3CCC4(CC3)OCCO4)cc21. The first-order chi connectivity index (χ1) is 11.9. The van der Waals surface area contributed by atoms with Crippen LogP contribution in [-0.2, 0) is 23.6 Å². The van der Waals surface area contributed by atoms with Crippen molar-refractivity contribution in [3.05, 3.63) is 32.7 Å². The van der Waals surface area contributed by atoms with Crippen LogP contribution in [0.1, 0.15) is 12.8 Å². The van der Waals surface area contributed by atoms with Gasteiger partial charge in [-0.15, -0.1) is 0 Å². The first-order valence-corrected chi connectivity index (χ1v) is 8.29. The second kappa shape index (κ2) is 5.57. The van der Waals surface area contributed by atoms with Crippen molar-refractivity contribution in [3.63, 3.8) is 0 Å². The molecule has 1 aromatic heterocycles. The van der Waals surface area contributed by atoms with E-state index in [0.717, 1.165) is 0 Å². The van der Waals surface area contributed by atoms with Gasteiger partial charge in [0.25, 0.3) is 5.69 Å². The number of imidazole rings is 1. The van der Waals surface area contributed by atoms with Crippen molar-refractivity contribution in [2.45, 2.75) is 18.6 Å². The van der Waals surface area contributed by atoms with E-state index < -0.39 is 5.79 Å². The van der Waals surface area contributed by atoms with E-state index in [9.17, 15) is 14.9 Å². The molecule has 2 aliphatic rings. The molecule has 2 fully saturated rings. The molecule has 2 aromatic rings. The summed E-state index contributed by atoms with van der Waals surface area (Å²) in [5, 5.41) is 11.6. The van der Waals surface area contributed by atoms with Crippen molar-refractivity contribution in [1.29, 1.82) is 0 Å². The van der Waals surface area contributed by atoms with Crippen molar-refractivity contribution in [2.75, 3.05) is 31.2 Å². The third-order valence-corrected chi connectivity index (χ3v) is 5.24. The minimum absolute atomic E-state index is 0.0120. The second-order valence-electron chi connectivity index (χ2n) is 6.58. The first kappa shape index (κ1) is 16.1. The summed E-state index contributed by atoms with van der Waals surface area (Å²) in [7, 11) is 3.29. The van der Waals surface area contributed by atoms with Gasteiger partial charge < -0.3 is 14.4 Å². The van der Waals surface area contributed by atoms with Gasteiger partial charge in [-0.05, 0) is 6.07 Å². The van der Waals surface area contributed by atoms with Gasteiger partial charge in [-0.25, -0.2) is 4.79 Å². The fourth-order valence-electron chi connectivity index (χ4n) is 3.80. The Hall–Kier alpha value is -2.39. The van der Waals surface area contributed by atoms with E-state index in [1.165, 1.54) is 15.2 Å². The summed E-state index contributed by atoms with van der Waals surface area (Å²) >= 11 is 0. The van der Waals surface area contributed by atoms with Gasteiger partial charge in [-0.2, -0.15) is 0 Å². The third-order valence-electron chi connectivity index (χ3n) is 5.24. The van der Waals surface area contributed by atoms with Gasteiger partial charge in [0, 0.05) is 46.1 Å². The van der Waals surface area contributed by atoms with Gasteiger partial charge in [-0.1, -0.05) is 0 Å². The number of nitro benzene ring substituents is 1. The number of hydrogen-bond donors (Lipinski definition) is 0. The number of anilines is 1. The molecule has 9 heteroatoms. The number of rotatable bonds is 2. The van der Waals surface area contributed by atoms with Gasteiger partial charge in [0.1, 0.15) is 5.69 Å². The Morgan fingerprint density at radius 3 is 2.20 bits per heavy atom. The zero-order valence-corrected chi connectivity index (χ0v) is 14.2. The van der Waals surface area contributed by atoms with Crippen molar-refractivity contribution < 1.29 is 14.4 Å². The minimum Gasteiger partial charge on any atom is -0.366 e. The number of hydrogen-bond acceptors (Lipinski definition) is 6. The maximum atomic E-state index is 12.1. The van der Waals surface area contributed by atoms with Crippen LogP contribution in [0, 0.1) is 10.1 Å². The van der Waals surface area contributed by atoms with Crippen molar-refractivity contribution in [3.8, 4) is 0 Å². The summed E-state index contributed by atoms with van der Waals surface area (Å²) in [5.74, 6) is -0.533. The van der Waals surface area contributed by atoms with Gasteiger partial charge >= 0.3 is 5.69 Å². The molecule has 0 amide bonds. The van der Waals surface area contributed by atoms with Crippen LogP contribution < -0.4 is 10.6 Å². The van der Waals surface area contributed by atoms with Gasteiger partial charge in [0.2, 0.25) is 0 Å². The smallest absolute Gasteiger partial charge is 0.328 e. The quantitative estimate of drug-likeness (QED) is 0.597. The molecule has 1 spiro atoms. The van der Waals surface area contributed by atoms with E-state index in [1.807, 2.05) is 4.90 Å². The van der Waals surface area contributed by atoms with E-state index in [4.69, 9.17) is 9.47 Å². The standard InChI is InChI=1S/C16H20N4O5/c1-17-11-9-13(14(20(22)23)10-12(11)18(2)15(17)21)19-5-3-16(4-6-19)24-7-8-25-16/h9-10H,3-8H2,1-2H3. The fourth-order valence-corrected chi connectivity index (χ4v) is 3.80. The normalized spacial score (nSPS) is 19.8. The van der Waals surface area contributed by atoms with Crippen LogP contribution in [0.25, 0.3) is 11.0 Å². The molecule has 1 aromatic carbocycles. The number of fused-ring (bicyclic) bond motifs is 1. The molecule has 4 rings (SSSR count). The first-order valence-electron chi connectivity index (χ1n) is 8.29. The Kier molecular flexibility index (Phi) is 3.58. The molecule has 3 heterocycles. The van der Waals surface area contributed by atoms with Crippen molar-refractivity contribution in [1.82, 2.24) is 9.13 Å².